The van der Waals surface area contributed by atoms with Crippen LogP contribution in [0.25, 0.3) is 0 Å². The molecule has 112 valence electrons. The number of rotatable bonds is 5. The molecule has 0 saturated heterocycles. The van der Waals surface area contributed by atoms with E-state index in [0.29, 0.717) is 0 Å². The molecule has 0 aliphatic carbocycles. The maximum absolute atomic E-state index is 13.3. The summed E-state index contributed by atoms with van der Waals surface area (Å²) in [6.45, 7) is 0. The molecule has 0 saturated carbocycles. The third kappa shape index (κ3) is 3.47. The fourth-order valence-corrected chi connectivity index (χ4v) is 3.07. The van der Waals surface area contributed by atoms with Crippen LogP contribution in [0.3, 0.4) is 0 Å². The number of hydrogen-bond donors (Lipinski definition) is 1. The summed E-state index contributed by atoms with van der Waals surface area (Å²) in [5.74, 6) is 1.27. The van der Waals surface area contributed by atoms with E-state index in [2.05, 4.69) is 27.9 Å². The van der Waals surface area contributed by atoms with Crippen molar-refractivity contribution < 1.29 is 13.9 Å². The Labute approximate surface area is 137 Å². The monoisotopic (exact) mass is 401 g/mol. The van der Waals surface area contributed by atoms with Gasteiger partial charge in [0.15, 0.2) is 0 Å². The molecule has 1 unspecified atom stereocenters. The van der Waals surface area contributed by atoms with Gasteiger partial charge in [0.1, 0.15) is 17.3 Å². The standard InChI is InChI=1S/C16H17FINO2/c1-19-16(12-6-4-10(17)8-14(12)18)13-9-11(20-2)5-7-15(13)21-3/h4-9,16,19H,1-3H3. The van der Waals surface area contributed by atoms with Crippen LogP contribution in [-0.4, -0.2) is 21.3 Å². The predicted molar refractivity (Wildman–Crippen MR) is 89.6 cm³/mol. The van der Waals surface area contributed by atoms with E-state index in [1.54, 1.807) is 20.3 Å². The highest BCUT2D eigenvalue weighted by atomic mass is 127. The zero-order valence-electron chi connectivity index (χ0n) is 12.1. The van der Waals surface area contributed by atoms with Gasteiger partial charge in [0.25, 0.3) is 0 Å². The second-order valence-electron chi connectivity index (χ2n) is 4.50. The van der Waals surface area contributed by atoms with Gasteiger partial charge in [-0.05, 0) is 65.5 Å². The third-order valence-corrected chi connectivity index (χ3v) is 4.24. The molecule has 0 aliphatic rings. The third-order valence-electron chi connectivity index (χ3n) is 3.31. The van der Waals surface area contributed by atoms with E-state index in [1.807, 2.05) is 25.2 Å². The van der Waals surface area contributed by atoms with Crippen LogP contribution in [0.15, 0.2) is 36.4 Å². The number of benzene rings is 2. The summed E-state index contributed by atoms with van der Waals surface area (Å²) < 4.78 is 24.9. The molecule has 2 aromatic carbocycles. The highest BCUT2D eigenvalue weighted by molar-refractivity contribution is 14.1. The van der Waals surface area contributed by atoms with Crippen LogP contribution < -0.4 is 14.8 Å². The van der Waals surface area contributed by atoms with E-state index >= 15 is 0 Å². The molecule has 1 atom stereocenters. The Hall–Kier alpha value is -1.34. The highest BCUT2D eigenvalue weighted by Crippen LogP contribution is 2.34. The minimum Gasteiger partial charge on any atom is -0.497 e. The molecular formula is C16H17FINO2. The highest BCUT2D eigenvalue weighted by Gasteiger charge is 2.20. The largest absolute Gasteiger partial charge is 0.497 e. The first kappa shape index (κ1) is 16.0. The summed E-state index contributed by atoms with van der Waals surface area (Å²) in [6.07, 6.45) is 0. The van der Waals surface area contributed by atoms with Gasteiger partial charge in [-0.25, -0.2) is 4.39 Å². The van der Waals surface area contributed by atoms with E-state index < -0.39 is 0 Å². The van der Waals surface area contributed by atoms with Crippen molar-refractivity contribution in [1.29, 1.82) is 0 Å². The maximum atomic E-state index is 13.3. The molecule has 0 fully saturated rings. The number of hydrogen-bond acceptors (Lipinski definition) is 3. The Morgan fingerprint density at radius 1 is 1.05 bits per heavy atom. The minimum absolute atomic E-state index is 0.109. The molecular weight excluding hydrogens is 384 g/mol. The van der Waals surface area contributed by atoms with Crippen molar-refractivity contribution in [3.63, 3.8) is 0 Å². The molecule has 0 spiro atoms. The zero-order chi connectivity index (χ0) is 15.4. The molecule has 0 heterocycles. The number of ether oxygens (including phenoxy) is 2. The summed E-state index contributed by atoms with van der Waals surface area (Å²) in [5, 5.41) is 3.26. The minimum atomic E-state index is -0.240. The lowest BCUT2D eigenvalue weighted by Crippen LogP contribution is -2.19. The Morgan fingerprint density at radius 3 is 2.38 bits per heavy atom. The summed E-state index contributed by atoms with van der Waals surface area (Å²) in [6, 6.07) is 10.3. The van der Waals surface area contributed by atoms with Gasteiger partial charge < -0.3 is 14.8 Å². The Morgan fingerprint density at radius 2 is 1.81 bits per heavy atom. The zero-order valence-corrected chi connectivity index (χ0v) is 14.3. The van der Waals surface area contributed by atoms with E-state index in [-0.39, 0.29) is 11.9 Å². The topological polar surface area (TPSA) is 30.5 Å². The molecule has 0 aliphatic heterocycles. The van der Waals surface area contributed by atoms with Crippen LogP contribution in [-0.2, 0) is 0 Å². The molecule has 1 N–H and O–H groups in total. The average molecular weight is 401 g/mol. The maximum Gasteiger partial charge on any atom is 0.124 e. The van der Waals surface area contributed by atoms with Crippen molar-refractivity contribution in [2.45, 2.75) is 6.04 Å². The van der Waals surface area contributed by atoms with Crippen LogP contribution >= 0.6 is 22.6 Å². The van der Waals surface area contributed by atoms with Crippen LogP contribution in [0, 0.1) is 9.39 Å². The van der Waals surface area contributed by atoms with Gasteiger partial charge in [-0.1, -0.05) is 6.07 Å². The van der Waals surface area contributed by atoms with Crippen molar-refractivity contribution >= 4 is 22.6 Å². The van der Waals surface area contributed by atoms with Gasteiger partial charge >= 0.3 is 0 Å². The first-order chi connectivity index (χ1) is 10.1. The average Bonchev–Trinajstić information content (AvgIpc) is 2.49. The normalized spacial score (nSPS) is 12.0. The molecule has 0 radical (unpaired) electrons. The quantitative estimate of drug-likeness (QED) is 0.775. The second-order valence-corrected chi connectivity index (χ2v) is 5.66. The number of halogens is 2. The lowest BCUT2D eigenvalue weighted by Gasteiger charge is -2.21. The van der Waals surface area contributed by atoms with Crippen molar-refractivity contribution in [3.05, 3.63) is 56.9 Å². The SMILES string of the molecule is CNC(c1ccc(F)cc1I)c1cc(OC)ccc1OC. The van der Waals surface area contributed by atoms with Crippen molar-refractivity contribution in [3.8, 4) is 11.5 Å². The van der Waals surface area contributed by atoms with Gasteiger partial charge in [-0.2, -0.15) is 0 Å². The lowest BCUT2D eigenvalue weighted by molar-refractivity contribution is 0.395. The fraction of sp³-hybridized carbons (Fsp3) is 0.250. The van der Waals surface area contributed by atoms with Gasteiger partial charge in [0, 0.05) is 9.13 Å². The van der Waals surface area contributed by atoms with Gasteiger partial charge in [0.05, 0.1) is 20.3 Å². The molecule has 2 aromatic rings. The Bertz CT molecular complexity index is 634. The fourth-order valence-electron chi connectivity index (χ4n) is 2.28. The molecule has 2 rings (SSSR count). The summed E-state index contributed by atoms with van der Waals surface area (Å²) >= 11 is 2.14. The van der Waals surface area contributed by atoms with E-state index in [0.717, 1.165) is 26.2 Å². The van der Waals surface area contributed by atoms with Gasteiger partial charge in [-0.15, -0.1) is 0 Å². The summed E-state index contributed by atoms with van der Waals surface area (Å²) in [5.41, 5.74) is 1.94. The smallest absolute Gasteiger partial charge is 0.124 e. The molecule has 5 heteroatoms. The Balaban J connectivity index is 2.54. The lowest BCUT2D eigenvalue weighted by atomic mass is 9.97. The molecule has 0 bridgehead atoms. The summed E-state index contributed by atoms with van der Waals surface area (Å²) in [7, 11) is 5.12. The number of methoxy groups -OCH3 is 2. The Kier molecular flexibility index (Phi) is 5.41. The predicted octanol–water partition coefficient (Wildman–Crippen LogP) is 3.76. The van der Waals surface area contributed by atoms with Crippen LogP contribution in [0.1, 0.15) is 17.2 Å². The van der Waals surface area contributed by atoms with Crippen molar-refractivity contribution in [2.24, 2.45) is 0 Å². The van der Waals surface area contributed by atoms with Crippen molar-refractivity contribution in [1.82, 2.24) is 5.32 Å². The molecule has 21 heavy (non-hydrogen) atoms. The number of nitrogens with one attached hydrogen (secondary N) is 1. The van der Waals surface area contributed by atoms with Crippen LogP contribution in [0.4, 0.5) is 4.39 Å². The summed E-state index contributed by atoms with van der Waals surface area (Å²) in [4.78, 5) is 0. The molecule has 0 amide bonds. The van der Waals surface area contributed by atoms with E-state index in [1.165, 1.54) is 12.1 Å². The van der Waals surface area contributed by atoms with Crippen LogP contribution in [0.2, 0.25) is 0 Å². The van der Waals surface area contributed by atoms with E-state index in [4.69, 9.17) is 9.47 Å². The first-order valence-electron chi connectivity index (χ1n) is 6.44. The molecule has 3 nitrogen and oxygen atoms in total. The second kappa shape index (κ2) is 7.09. The van der Waals surface area contributed by atoms with Gasteiger partial charge in [0.2, 0.25) is 0 Å². The molecule has 0 aromatic heterocycles. The van der Waals surface area contributed by atoms with Crippen LogP contribution in [0.5, 0.6) is 11.5 Å². The van der Waals surface area contributed by atoms with Crippen molar-refractivity contribution in [2.75, 3.05) is 21.3 Å². The first-order valence-corrected chi connectivity index (χ1v) is 7.52. The van der Waals surface area contributed by atoms with E-state index in [9.17, 15) is 4.39 Å². The van der Waals surface area contributed by atoms with Gasteiger partial charge in [-0.3, -0.25) is 0 Å².